The zero-order valence-corrected chi connectivity index (χ0v) is 29.2. The van der Waals surface area contributed by atoms with Crippen molar-refractivity contribution in [2.75, 3.05) is 13.2 Å². The highest BCUT2D eigenvalue weighted by Gasteiger charge is 2.55. The molecule has 0 radical (unpaired) electrons. The Morgan fingerprint density at radius 3 is 1.94 bits per heavy atom. The van der Waals surface area contributed by atoms with Crippen LogP contribution < -0.4 is 33.2 Å². The van der Waals surface area contributed by atoms with E-state index in [0.29, 0.717) is 0 Å². The number of quaternary nitrogens is 2. The fourth-order valence-corrected chi connectivity index (χ4v) is 7.67. The van der Waals surface area contributed by atoms with Crippen molar-refractivity contribution in [2.24, 2.45) is 23.1 Å². The third-order valence-electron chi connectivity index (χ3n) is 10.7. The fraction of sp³-hybridized carbons (Fsp3) is 0.844. The SMILES string of the molecule is Cc1cc(C)[n+](CC2OC(OC3C([NH3+])CC(N)C(O)C3OC3OC(CO)C(OC4OC(CN)C(O)C(O)C4N)C3C)C([NH3+])C(O)C2O)c(C)c1. The molecule has 4 heterocycles. The zero-order valence-electron chi connectivity index (χ0n) is 29.2. The number of pyridine rings is 1. The van der Waals surface area contributed by atoms with E-state index in [0.717, 1.165) is 17.0 Å². The Bertz CT molecular complexity index is 1260. The van der Waals surface area contributed by atoms with Gasteiger partial charge in [-0.15, -0.1) is 0 Å². The maximum atomic E-state index is 11.3. The summed E-state index contributed by atoms with van der Waals surface area (Å²) in [6.45, 7) is 7.34. The van der Waals surface area contributed by atoms with Crippen LogP contribution in [-0.2, 0) is 35.0 Å². The molecule has 3 aliphatic heterocycles. The molecule has 0 bridgehead atoms. The van der Waals surface area contributed by atoms with Crippen LogP contribution in [0.3, 0.4) is 0 Å². The first-order chi connectivity index (χ1) is 23.6. The molecule has 0 amide bonds. The quantitative estimate of drug-likeness (QED) is 0.100. The van der Waals surface area contributed by atoms with Crippen molar-refractivity contribution in [1.82, 2.24) is 0 Å². The van der Waals surface area contributed by atoms with E-state index in [1.807, 2.05) is 37.5 Å². The van der Waals surface area contributed by atoms with Crippen molar-refractivity contribution in [3.63, 3.8) is 0 Å². The standard InChI is InChI=1S/C32H57N6O12/c1-11-5-12(2)38(13(3)6-11)9-18-24(42)26(44)21(37)32(46-18)49-28-16(35)7-15(34)22(40)29(28)50-30-14(4)27(19(10-39)47-30)48-31-20(36)25(43)23(41)17(8-33)45-31/h5-6,14-32,39-44H,7-10,33-37H2,1-4H3/q+1/p+2. The molecule has 4 fully saturated rings. The third kappa shape index (κ3) is 7.87. The Morgan fingerprint density at radius 2 is 1.32 bits per heavy atom. The molecule has 18 N–H and O–H groups in total. The van der Waals surface area contributed by atoms with Crippen molar-refractivity contribution in [3.8, 4) is 0 Å². The number of rotatable bonds is 10. The van der Waals surface area contributed by atoms with Crippen molar-refractivity contribution < 1.29 is 75.1 Å². The number of aryl methyl sites for hydroxylation is 3. The molecule has 5 rings (SSSR count). The summed E-state index contributed by atoms with van der Waals surface area (Å²) in [7, 11) is 0. The number of aromatic nitrogens is 1. The minimum Gasteiger partial charge on any atom is -0.394 e. The predicted molar refractivity (Wildman–Crippen MR) is 171 cm³/mol. The molecule has 1 aromatic rings. The number of aliphatic hydroxyl groups excluding tert-OH is 6. The summed E-state index contributed by atoms with van der Waals surface area (Å²) >= 11 is 0. The van der Waals surface area contributed by atoms with Gasteiger partial charge in [0, 0.05) is 50.9 Å². The van der Waals surface area contributed by atoms with Crippen LogP contribution in [0.1, 0.15) is 30.3 Å². The van der Waals surface area contributed by atoms with E-state index in [1.54, 1.807) is 6.92 Å². The molecule has 18 heteroatoms. The zero-order chi connectivity index (χ0) is 36.8. The van der Waals surface area contributed by atoms with E-state index in [-0.39, 0.29) is 19.5 Å². The van der Waals surface area contributed by atoms with Crippen LogP contribution in [-0.4, -0.2) is 154 Å². The number of ether oxygens (including phenoxy) is 6. The first-order valence-corrected chi connectivity index (χ1v) is 17.4. The first-order valence-electron chi connectivity index (χ1n) is 17.4. The summed E-state index contributed by atoms with van der Waals surface area (Å²) in [6, 6.07) is 0.784. The molecule has 19 unspecified atom stereocenters. The molecule has 50 heavy (non-hydrogen) atoms. The number of aliphatic hydroxyl groups is 6. The highest BCUT2D eigenvalue weighted by atomic mass is 16.7. The number of hydrogen-bond donors (Lipinski definition) is 11. The normalized spacial score (nSPS) is 47.1. The first kappa shape index (κ1) is 39.7. The van der Waals surface area contributed by atoms with Gasteiger partial charge in [-0.3, -0.25) is 0 Å². The van der Waals surface area contributed by atoms with E-state index in [1.165, 1.54) is 0 Å². The molecule has 0 aromatic carbocycles. The fourth-order valence-electron chi connectivity index (χ4n) is 7.67. The molecule has 3 saturated heterocycles. The van der Waals surface area contributed by atoms with Crippen LogP contribution in [0.25, 0.3) is 0 Å². The summed E-state index contributed by atoms with van der Waals surface area (Å²) in [5.41, 5.74) is 29.4. The highest BCUT2D eigenvalue weighted by Crippen LogP contribution is 2.36. The van der Waals surface area contributed by atoms with Crippen molar-refractivity contribution >= 4 is 0 Å². The summed E-state index contributed by atoms with van der Waals surface area (Å²) in [5.74, 6) is -0.580. The maximum absolute atomic E-state index is 11.3. The molecule has 18 nitrogen and oxygen atoms in total. The summed E-state index contributed by atoms with van der Waals surface area (Å²) in [4.78, 5) is 0. The number of nitrogens with zero attached hydrogens (tertiary/aromatic N) is 1. The molecule has 286 valence electrons. The largest absolute Gasteiger partial charge is 0.394 e. The molecule has 1 saturated carbocycles. The summed E-state index contributed by atoms with van der Waals surface area (Å²) in [5, 5.41) is 64.4. The Kier molecular flexibility index (Phi) is 12.9. The van der Waals surface area contributed by atoms with Crippen molar-refractivity contribution in [1.29, 1.82) is 0 Å². The molecule has 1 aliphatic carbocycles. The second-order valence-electron chi connectivity index (χ2n) is 14.5. The van der Waals surface area contributed by atoms with Gasteiger partial charge in [0.1, 0.15) is 61.0 Å². The highest BCUT2D eigenvalue weighted by molar-refractivity contribution is 5.13. The summed E-state index contributed by atoms with van der Waals surface area (Å²) in [6.07, 6.45) is -15.1. The van der Waals surface area contributed by atoms with Crippen LogP contribution in [0.2, 0.25) is 0 Å². The van der Waals surface area contributed by atoms with E-state index in [9.17, 15) is 30.6 Å². The van der Waals surface area contributed by atoms with Crippen LogP contribution in [0.5, 0.6) is 0 Å². The van der Waals surface area contributed by atoms with E-state index in [4.69, 9.17) is 45.6 Å². The third-order valence-corrected chi connectivity index (χ3v) is 10.7. The van der Waals surface area contributed by atoms with Gasteiger partial charge in [-0.05, 0) is 12.5 Å². The van der Waals surface area contributed by atoms with Gasteiger partial charge < -0.3 is 87.7 Å². The Balaban J connectivity index is 1.32. The molecule has 1 aromatic heterocycles. The summed E-state index contributed by atoms with van der Waals surface area (Å²) < 4.78 is 39.1. The molecule has 4 aliphatic rings. The Morgan fingerprint density at radius 1 is 0.760 bits per heavy atom. The van der Waals surface area contributed by atoms with Gasteiger partial charge in [-0.2, -0.15) is 4.57 Å². The van der Waals surface area contributed by atoms with Gasteiger partial charge in [0.05, 0.1) is 24.9 Å². The second-order valence-corrected chi connectivity index (χ2v) is 14.5. The van der Waals surface area contributed by atoms with Crippen LogP contribution in [0.15, 0.2) is 12.1 Å². The molecular weight excluding hydrogens is 660 g/mol. The topological polar surface area (TPSA) is 314 Å². The minimum atomic E-state index is -1.37. The Hall–Kier alpha value is -1.53. The Labute approximate surface area is 291 Å². The lowest BCUT2D eigenvalue weighted by Crippen LogP contribution is -2.81. The predicted octanol–water partition coefficient (Wildman–Crippen LogP) is -7.10. The average Bonchev–Trinajstić information content (AvgIpc) is 3.36. The van der Waals surface area contributed by atoms with Crippen LogP contribution >= 0.6 is 0 Å². The van der Waals surface area contributed by atoms with Gasteiger partial charge in [0.2, 0.25) is 6.29 Å². The number of nitrogens with two attached hydrogens (primary N) is 3. The van der Waals surface area contributed by atoms with Gasteiger partial charge in [0.15, 0.2) is 36.6 Å². The van der Waals surface area contributed by atoms with Gasteiger partial charge in [-0.25, -0.2) is 0 Å². The minimum absolute atomic E-state index is 0.0935. The van der Waals surface area contributed by atoms with E-state index in [2.05, 4.69) is 11.5 Å². The molecule has 19 atom stereocenters. The average molecular weight is 720 g/mol. The van der Waals surface area contributed by atoms with E-state index >= 15 is 0 Å². The lowest BCUT2D eigenvalue weighted by atomic mass is 9.84. The lowest BCUT2D eigenvalue weighted by Gasteiger charge is -2.45. The number of hydrogen-bond acceptors (Lipinski definition) is 15. The molecular formula is C32H59N6O12+3. The van der Waals surface area contributed by atoms with Gasteiger partial charge in [0.25, 0.3) is 0 Å². The van der Waals surface area contributed by atoms with Crippen LogP contribution in [0, 0.1) is 26.7 Å². The maximum Gasteiger partial charge on any atom is 0.214 e. The van der Waals surface area contributed by atoms with Crippen LogP contribution in [0.4, 0.5) is 0 Å². The second kappa shape index (κ2) is 16.2. The van der Waals surface area contributed by atoms with E-state index < -0.39 is 123 Å². The van der Waals surface area contributed by atoms with Gasteiger partial charge >= 0.3 is 0 Å². The van der Waals surface area contributed by atoms with Crippen molar-refractivity contribution in [2.45, 2.75) is 151 Å². The molecule has 0 spiro atoms. The van der Waals surface area contributed by atoms with Gasteiger partial charge in [-0.1, -0.05) is 6.92 Å². The lowest BCUT2D eigenvalue weighted by molar-refractivity contribution is -0.719. The van der Waals surface area contributed by atoms with Crippen molar-refractivity contribution in [3.05, 3.63) is 29.1 Å². The monoisotopic (exact) mass is 719 g/mol. The smallest absolute Gasteiger partial charge is 0.214 e.